The van der Waals surface area contributed by atoms with Crippen molar-refractivity contribution in [3.63, 3.8) is 0 Å². The number of aliphatic hydroxyl groups excluding tert-OH is 1. The summed E-state index contributed by atoms with van der Waals surface area (Å²) < 4.78 is 5.21. The average Bonchev–Trinajstić information content (AvgIpc) is 2.72. The summed E-state index contributed by atoms with van der Waals surface area (Å²) in [6.07, 6.45) is 0.775. The zero-order chi connectivity index (χ0) is 9.26. The van der Waals surface area contributed by atoms with Gasteiger partial charge in [-0.3, -0.25) is 9.63 Å². The number of β-amino-alcohol motifs (C(OH)–C–C–N with tert-alkyl or cyclic N) is 1. The van der Waals surface area contributed by atoms with Gasteiger partial charge < -0.3 is 9.84 Å². The van der Waals surface area contributed by atoms with Crippen LogP contribution in [0.2, 0.25) is 0 Å². The van der Waals surface area contributed by atoms with E-state index in [1.54, 1.807) is 0 Å². The number of rotatable bonds is 1. The van der Waals surface area contributed by atoms with Gasteiger partial charge in [0.2, 0.25) is 0 Å². The van der Waals surface area contributed by atoms with Crippen LogP contribution in [0.4, 0.5) is 0 Å². The molecule has 1 N–H and O–H groups in total. The lowest BCUT2D eigenvalue weighted by Gasteiger charge is -2.17. The number of aliphatic hydroxyl groups is 1. The largest absolute Gasteiger partial charge is 0.389 e. The fraction of sp³-hybridized carbons (Fsp3) is 0.875. The van der Waals surface area contributed by atoms with Gasteiger partial charge in [-0.05, 0) is 12.8 Å². The van der Waals surface area contributed by atoms with E-state index in [2.05, 4.69) is 0 Å². The highest BCUT2D eigenvalue weighted by atomic mass is 16.7. The summed E-state index contributed by atoms with van der Waals surface area (Å²) in [4.78, 5) is 16.6. The number of carbonyl (C=O) groups is 1. The second-order valence-electron chi connectivity index (χ2n) is 3.35. The van der Waals surface area contributed by atoms with Gasteiger partial charge >= 0.3 is 0 Å². The van der Waals surface area contributed by atoms with Crippen LogP contribution in [0.15, 0.2) is 0 Å². The molecule has 74 valence electrons. The summed E-state index contributed by atoms with van der Waals surface area (Å²) in [5.41, 5.74) is 0. The highest BCUT2D eigenvalue weighted by Crippen LogP contribution is 2.17. The van der Waals surface area contributed by atoms with Crippen molar-refractivity contribution < 1.29 is 19.5 Å². The highest BCUT2D eigenvalue weighted by molar-refractivity contribution is 5.80. The maximum Gasteiger partial charge on any atom is 0.275 e. The van der Waals surface area contributed by atoms with Crippen molar-refractivity contribution in [3.05, 3.63) is 0 Å². The molecule has 0 radical (unpaired) electrons. The first kappa shape index (κ1) is 8.93. The molecule has 0 saturated carbocycles. The Kier molecular flexibility index (Phi) is 2.48. The van der Waals surface area contributed by atoms with Crippen LogP contribution in [0, 0.1) is 0 Å². The van der Waals surface area contributed by atoms with E-state index in [0.717, 1.165) is 12.8 Å². The van der Waals surface area contributed by atoms with Crippen molar-refractivity contribution in [2.45, 2.75) is 25.0 Å². The van der Waals surface area contributed by atoms with E-state index >= 15 is 0 Å². The highest BCUT2D eigenvalue weighted by Gasteiger charge is 2.33. The Hall–Kier alpha value is -0.650. The van der Waals surface area contributed by atoms with E-state index in [1.807, 2.05) is 0 Å². The van der Waals surface area contributed by atoms with Crippen LogP contribution < -0.4 is 0 Å². The fourth-order valence-electron chi connectivity index (χ4n) is 1.56. The first-order valence-electron chi connectivity index (χ1n) is 4.51. The minimum Gasteiger partial charge on any atom is -0.389 e. The third-order valence-electron chi connectivity index (χ3n) is 2.25. The molecule has 2 rings (SSSR count). The monoisotopic (exact) mass is 187 g/mol. The Balaban J connectivity index is 1.89. The molecule has 2 saturated heterocycles. The fourth-order valence-corrected chi connectivity index (χ4v) is 1.56. The number of hydrogen-bond acceptors (Lipinski definition) is 4. The standard InChI is InChI=1S/C8H13NO4/c10-6-4-9(13-5-6)8(11)7-2-1-3-12-7/h6-7,10H,1-5H2/t6?,7-/m1/s1. The van der Waals surface area contributed by atoms with E-state index in [4.69, 9.17) is 14.7 Å². The van der Waals surface area contributed by atoms with Gasteiger partial charge in [-0.25, -0.2) is 5.06 Å². The Labute approximate surface area is 76.2 Å². The molecule has 1 amide bonds. The zero-order valence-corrected chi connectivity index (χ0v) is 7.31. The zero-order valence-electron chi connectivity index (χ0n) is 7.31. The van der Waals surface area contributed by atoms with Crippen LogP contribution in [0.5, 0.6) is 0 Å². The average molecular weight is 187 g/mol. The molecular formula is C8H13NO4. The summed E-state index contributed by atoms with van der Waals surface area (Å²) in [6.45, 7) is 1.12. The van der Waals surface area contributed by atoms with E-state index < -0.39 is 6.10 Å². The number of hydrogen-bond donors (Lipinski definition) is 1. The molecule has 13 heavy (non-hydrogen) atoms. The van der Waals surface area contributed by atoms with Crippen molar-refractivity contribution in [2.24, 2.45) is 0 Å². The number of nitrogens with zero attached hydrogens (tertiary/aromatic N) is 1. The summed E-state index contributed by atoms with van der Waals surface area (Å²) in [5, 5.41) is 10.3. The van der Waals surface area contributed by atoms with Crippen LogP contribution >= 0.6 is 0 Å². The van der Waals surface area contributed by atoms with Crippen LogP contribution in [0.25, 0.3) is 0 Å². The molecule has 2 fully saturated rings. The lowest BCUT2D eigenvalue weighted by atomic mass is 10.2. The number of ether oxygens (including phenoxy) is 1. The lowest BCUT2D eigenvalue weighted by Crippen LogP contribution is -2.36. The molecule has 5 nitrogen and oxygen atoms in total. The van der Waals surface area contributed by atoms with Crippen molar-refractivity contribution in [1.29, 1.82) is 0 Å². The molecule has 2 heterocycles. The maximum atomic E-state index is 11.6. The number of carbonyl (C=O) groups excluding carboxylic acids is 1. The van der Waals surface area contributed by atoms with Crippen LogP contribution in [0.3, 0.4) is 0 Å². The molecule has 0 spiro atoms. The van der Waals surface area contributed by atoms with Gasteiger partial charge in [-0.1, -0.05) is 0 Å². The van der Waals surface area contributed by atoms with Gasteiger partial charge in [0.25, 0.3) is 5.91 Å². The number of hydroxylamine groups is 2. The third-order valence-corrected chi connectivity index (χ3v) is 2.25. The summed E-state index contributed by atoms with van der Waals surface area (Å²) in [7, 11) is 0. The van der Waals surface area contributed by atoms with Crippen molar-refractivity contribution in [2.75, 3.05) is 19.8 Å². The lowest BCUT2D eigenvalue weighted by molar-refractivity contribution is -0.178. The maximum absolute atomic E-state index is 11.6. The number of amides is 1. The Morgan fingerprint density at radius 2 is 2.38 bits per heavy atom. The molecule has 1 unspecified atom stereocenters. The smallest absolute Gasteiger partial charge is 0.275 e. The first-order valence-corrected chi connectivity index (χ1v) is 4.51. The summed E-state index contributed by atoms with van der Waals surface area (Å²) in [6, 6.07) is 0. The first-order chi connectivity index (χ1) is 6.27. The van der Waals surface area contributed by atoms with E-state index in [0.29, 0.717) is 6.61 Å². The molecule has 2 atom stereocenters. The molecule has 2 aliphatic rings. The van der Waals surface area contributed by atoms with Crippen LogP contribution in [-0.2, 0) is 14.4 Å². The van der Waals surface area contributed by atoms with Crippen molar-refractivity contribution in [3.8, 4) is 0 Å². The normalized spacial score (nSPS) is 34.1. The molecule has 0 aromatic heterocycles. The van der Waals surface area contributed by atoms with Gasteiger partial charge in [0.1, 0.15) is 18.8 Å². The minimum atomic E-state index is -0.551. The molecule has 0 aromatic carbocycles. The van der Waals surface area contributed by atoms with Crippen LogP contribution in [0.1, 0.15) is 12.8 Å². The topological polar surface area (TPSA) is 59.0 Å². The van der Waals surface area contributed by atoms with Gasteiger partial charge in [-0.15, -0.1) is 0 Å². The second kappa shape index (κ2) is 3.61. The third kappa shape index (κ3) is 1.82. The SMILES string of the molecule is O=C([C@H]1CCCO1)N1CC(O)CO1. The second-order valence-corrected chi connectivity index (χ2v) is 3.35. The summed E-state index contributed by atoms with van der Waals surface area (Å²) >= 11 is 0. The molecule has 0 aromatic rings. The minimum absolute atomic E-state index is 0.158. The van der Waals surface area contributed by atoms with Gasteiger partial charge in [-0.2, -0.15) is 0 Å². The summed E-state index contributed by atoms with van der Waals surface area (Å²) in [5.74, 6) is -0.158. The predicted octanol–water partition coefficient (Wildman–Crippen LogP) is -0.700. The van der Waals surface area contributed by atoms with Gasteiger partial charge in [0, 0.05) is 6.61 Å². The predicted molar refractivity (Wildman–Crippen MR) is 42.6 cm³/mol. The van der Waals surface area contributed by atoms with Crippen molar-refractivity contribution >= 4 is 5.91 Å². The van der Waals surface area contributed by atoms with E-state index in [9.17, 15) is 4.79 Å². The van der Waals surface area contributed by atoms with Gasteiger partial charge in [0.05, 0.1) is 6.54 Å². The Morgan fingerprint density at radius 3 is 2.92 bits per heavy atom. The Morgan fingerprint density at radius 1 is 1.54 bits per heavy atom. The molecule has 0 bridgehead atoms. The van der Waals surface area contributed by atoms with E-state index in [1.165, 1.54) is 5.06 Å². The van der Waals surface area contributed by atoms with Gasteiger partial charge in [0.15, 0.2) is 0 Å². The molecule has 0 aliphatic carbocycles. The molecule has 2 aliphatic heterocycles. The quantitative estimate of drug-likeness (QED) is 0.589. The Bertz CT molecular complexity index is 202. The van der Waals surface area contributed by atoms with E-state index in [-0.39, 0.29) is 25.2 Å². The van der Waals surface area contributed by atoms with Crippen molar-refractivity contribution in [1.82, 2.24) is 5.06 Å². The van der Waals surface area contributed by atoms with Crippen LogP contribution in [-0.4, -0.2) is 48.0 Å². The molecular weight excluding hydrogens is 174 g/mol. The molecule has 5 heteroatoms.